The second kappa shape index (κ2) is 7.57. The summed E-state index contributed by atoms with van der Waals surface area (Å²) in [5.41, 5.74) is 3.38. The van der Waals surface area contributed by atoms with E-state index in [1.165, 1.54) is 11.3 Å². The summed E-state index contributed by atoms with van der Waals surface area (Å²) in [6.45, 7) is 0. The van der Waals surface area contributed by atoms with Crippen LogP contribution in [0.4, 0.5) is 0 Å². The smallest absolute Gasteiger partial charge is 0.271 e. The molecule has 0 amide bonds. The van der Waals surface area contributed by atoms with Gasteiger partial charge in [0.05, 0.1) is 10.2 Å². The van der Waals surface area contributed by atoms with Gasteiger partial charge >= 0.3 is 0 Å². The monoisotopic (exact) mass is 411 g/mol. The molecule has 146 valence electrons. The van der Waals surface area contributed by atoms with E-state index in [-0.39, 0.29) is 17.4 Å². The minimum absolute atomic E-state index is 0.107. The van der Waals surface area contributed by atoms with Crippen molar-refractivity contribution in [2.45, 2.75) is 6.04 Å². The summed E-state index contributed by atoms with van der Waals surface area (Å²) in [4.78, 5) is 14.0. The minimum atomic E-state index is -0.355. The van der Waals surface area contributed by atoms with Gasteiger partial charge < -0.3 is 5.11 Å². The number of phenolic OH excluding ortho intramolecular Hbond substituents is 1. The Labute approximate surface area is 176 Å². The van der Waals surface area contributed by atoms with Crippen LogP contribution in [0.5, 0.6) is 5.75 Å². The van der Waals surface area contributed by atoms with Gasteiger partial charge in [-0.05, 0) is 29.3 Å². The van der Waals surface area contributed by atoms with Gasteiger partial charge in [-0.15, -0.1) is 10.2 Å². The third-order valence-corrected chi connectivity index (χ3v) is 5.95. The van der Waals surface area contributed by atoms with Crippen molar-refractivity contribution >= 4 is 23.1 Å². The molecule has 0 radical (unpaired) electrons. The van der Waals surface area contributed by atoms with Crippen LogP contribution in [0.1, 0.15) is 22.7 Å². The molecule has 6 heteroatoms. The van der Waals surface area contributed by atoms with Crippen molar-refractivity contribution in [1.82, 2.24) is 4.57 Å². The summed E-state index contributed by atoms with van der Waals surface area (Å²) >= 11 is 1.32. The average molecular weight is 411 g/mol. The normalized spacial score (nSPS) is 15.9. The molecule has 30 heavy (non-hydrogen) atoms. The molecular formula is C24H17N3O2S. The fourth-order valence-electron chi connectivity index (χ4n) is 3.55. The Bertz CT molecular complexity index is 1400. The van der Waals surface area contributed by atoms with Crippen molar-refractivity contribution in [1.29, 1.82) is 0 Å². The first-order chi connectivity index (χ1) is 14.7. The fourth-order valence-corrected chi connectivity index (χ4v) is 4.49. The molecule has 1 N–H and O–H groups in total. The van der Waals surface area contributed by atoms with E-state index in [9.17, 15) is 9.90 Å². The van der Waals surface area contributed by atoms with Gasteiger partial charge in [-0.1, -0.05) is 84.1 Å². The van der Waals surface area contributed by atoms with E-state index in [1.54, 1.807) is 28.8 Å². The Morgan fingerprint density at radius 3 is 2.23 bits per heavy atom. The standard InChI is InChI=1S/C24H17N3O2S/c28-19-13-11-16(12-14-19)15-20-23(29)27-22(18-9-5-2-6-10-18)21(25-26-24(27)30-20)17-7-3-1-4-8-17/h1-15,22,28H/b20-15-/t22-/m0/s1. The van der Waals surface area contributed by atoms with Crippen molar-refractivity contribution in [2.24, 2.45) is 10.2 Å². The molecule has 1 atom stereocenters. The number of aromatic nitrogens is 1. The summed E-state index contributed by atoms with van der Waals surface area (Å²) < 4.78 is 2.30. The molecule has 3 aromatic carbocycles. The van der Waals surface area contributed by atoms with E-state index in [2.05, 4.69) is 10.2 Å². The van der Waals surface area contributed by atoms with Crippen molar-refractivity contribution in [3.8, 4) is 5.75 Å². The number of phenols is 1. The van der Waals surface area contributed by atoms with Gasteiger partial charge in [0.1, 0.15) is 11.8 Å². The molecule has 0 spiro atoms. The van der Waals surface area contributed by atoms with E-state index in [4.69, 9.17) is 0 Å². The SMILES string of the molecule is O=c1/c(=C/c2ccc(O)cc2)sc2n1[C@@H](c1ccccc1)C(c1ccccc1)=NN=2. The molecule has 0 aliphatic carbocycles. The van der Waals surface area contributed by atoms with Crippen LogP contribution in [-0.4, -0.2) is 15.4 Å². The van der Waals surface area contributed by atoms with Crippen molar-refractivity contribution in [3.63, 3.8) is 0 Å². The number of hydrogen-bond donors (Lipinski definition) is 1. The van der Waals surface area contributed by atoms with Gasteiger partial charge in [-0.3, -0.25) is 9.36 Å². The molecule has 0 saturated heterocycles. The molecule has 5 nitrogen and oxygen atoms in total. The van der Waals surface area contributed by atoms with Gasteiger partial charge in [0.15, 0.2) is 0 Å². The molecule has 2 heterocycles. The third kappa shape index (κ3) is 3.27. The van der Waals surface area contributed by atoms with Crippen LogP contribution in [0.2, 0.25) is 0 Å². The number of nitrogens with zero attached hydrogens (tertiary/aromatic N) is 3. The summed E-state index contributed by atoms with van der Waals surface area (Å²) in [7, 11) is 0. The molecule has 5 rings (SSSR count). The first kappa shape index (κ1) is 18.3. The lowest BCUT2D eigenvalue weighted by Gasteiger charge is -2.22. The Balaban J connectivity index is 1.72. The molecule has 1 aliphatic rings. The van der Waals surface area contributed by atoms with Crippen molar-refractivity contribution < 1.29 is 5.11 Å². The highest BCUT2D eigenvalue weighted by atomic mass is 32.1. The van der Waals surface area contributed by atoms with Crippen LogP contribution in [0.15, 0.2) is 99.9 Å². The largest absolute Gasteiger partial charge is 0.508 e. The van der Waals surface area contributed by atoms with Gasteiger partial charge in [0.2, 0.25) is 4.80 Å². The third-order valence-electron chi connectivity index (χ3n) is 4.97. The zero-order valence-electron chi connectivity index (χ0n) is 15.8. The Hall–Kier alpha value is -3.77. The molecule has 4 aromatic rings. The predicted octanol–water partition coefficient (Wildman–Crippen LogP) is 3.07. The molecule has 0 bridgehead atoms. The van der Waals surface area contributed by atoms with E-state index < -0.39 is 0 Å². The van der Waals surface area contributed by atoms with Crippen LogP contribution >= 0.6 is 11.3 Å². The lowest BCUT2D eigenvalue weighted by molar-refractivity contribution is 0.475. The van der Waals surface area contributed by atoms with Crippen LogP contribution in [0.3, 0.4) is 0 Å². The van der Waals surface area contributed by atoms with E-state index >= 15 is 0 Å². The molecule has 0 fully saturated rings. The fraction of sp³-hybridized carbons (Fsp3) is 0.0417. The Morgan fingerprint density at radius 1 is 0.867 bits per heavy atom. The topological polar surface area (TPSA) is 66.9 Å². The zero-order chi connectivity index (χ0) is 20.5. The van der Waals surface area contributed by atoms with E-state index in [1.807, 2.05) is 66.7 Å². The van der Waals surface area contributed by atoms with E-state index in [0.717, 1.165) is 22.4 Å². The van der Waals surface area contributed by atoms with Gasteiger partial charge in [0, 0.05) is 5.56 Å². The quantitative estimate of drug-likeness (QED) is 0.563. The average Bonchev–Trinajstić information content (AvgIpc) is 3.11. The number of fused-ring (bicyclic) bond motifs is 1. The molecular weight excluding hydrogens is 394 g/mol. The van der Waals surface area contributed by atoms with Crippen LogP contribution in [-0.2, 0) is 0 Å². The lowest BCUT2D eigenvalue weighted by atomic mass is 9.96. The number of hydrogen-bond acceptors (Lipinski definition) is 5. The maximum absolute atomic E-state index is 13.4. The summed E-state index contributed by atoms with van der Waals surface area (Å²) in [6.07, 6.45) is 1.82. The highest BCUT2D eigenvalue weighted by Gasteiger charge is 2.28. The van der Waals surface area contributed by atoms with Crippen LogP contribution < -0.4 is 14.9 Å². The second-order valence-corrected chi connectivity index (χ2v) is 7.93. The molecule has 0 saturated carbocycles. The van der Waals surface area contributed by atoms with Gasteiger partial charge in [0.25, 0.3) is 5.56 Å². The Kier molecular flexibility index (Phi) is 4.61. The highest BCUT2D eigenvalue weighted by Crippen LogP contribution is 2.23. The summed E-state index contributed by atoms with van der Waals surface area (Å²) in [6, 6.07) is 26.1. The van der Waals surface area contributed by atoms with Gasteiger partial charge in [-0.25, -0.2) is 0 Å². The first-order valence-corrected chi connectivity index (χ1v) is 10.3. The summed E-state index contributed by atoms with van der Waals surface area (Å²) in [5.74, 6) is 0.189. The van der Waals surface area contributed by atoms with Crippen molar-refractivity contribution in [2.75, 3.05) is 0 Å². The van der Waals surface area contributed by atoms with Crippen LogP contribution in [0.25, 0.3) is 6.08 Å². The highest BCUT2D eigenvalue weighted by molar-refractivity contribution is 7.07. The maximum atomic E-state index is 13.4. The number of benzene rings is 3. The maximum Gasteiger partial charge on any atom is 0.271 e. The zero-order valence-corrected chi connectivity index (χ0v) is 16.7. The molecule has 1 aliphatic heterocycles. The molecule has 1 aromatic heterocycles. The second-order valence-electron chi connectivity index (χ2n) is 6.92. The number of thiazole rings is 1. The number of aromatic hydroxyl groups is 1. The predicted molar refractivity (Wildman–Crippen MR) is 119 cm³/mol. The number of rotatable bonds is 3. The summed E-state index contributed by atoms with van der Waals surface area (Å²) in [5, 5.41) is 18.4. The van der Waals surface area contributed by atoms with Crippen LogP contribution in [0, 0.1) is 0 Å². The first-order valence-electron chi connectivity index (χ1n) is 9.49. The lowest BCUT2D eigenvalue weighted by Crippen LogP contribution is -2.40. The van der Waals surface area contributed by atoms with Crippen molar-refractivity contribution in [3.05, 3.63) is 121 Å². The van der Waals surface area contributed by atoms with Gasteiger partial charge in [-0.2, -0.15) is 0 Å². The minimum Gasteiger partial charge on any atom is -0.508 e. The Morgan fingerprint density at radius 2 is 1.53 bits per heavy atom. The van der Waals surface area contributed by atoms with E-state index in [0.29, 0.717) is 9.33 Å². The molecule has 0 unspecified atom stereocenters.